The molecule has 2 rings (SSSR count). The van der Waals surface area contributed by atoms with Crippen LogP contribution in [0.4, 0.5) is 10.1 Å². The molecule has 0 radical (unpaired) electrons. The molecule has 0 unspecified atom stereocenters. The van der Waals surface area contributed by atoms with E-state index in [1.54, 1.807) is 0 Å². The van der Waals surface area contributed by atoms with Gasteiger partial charge in [-0.15, -0.1) is 11.3 Å². The Morgan fingerprint density at radius 2 is 2.15 bits per heavy atom. The Hall–Kier alpha value is -1.71. The van der Waals surface area contributed by atoms with Gasteiger partial charge < -0.3 is 5.11 Å². The predicted molar refractivity (Wildman–Crippen MR) is 71.3 cm³/mol. The van der Waals surface area contributed by atoms with E-state index in [9.17, 15) is 17.6 Å². The molecule has 0 fully saturated rings. The second-order valence-electron chi connectivity index (χ2n) is 3.52. The zero-order valence-corrected chi connectivity index (χ0v) is 11.9. The van der Waals surface area contributed by atoms with Gasteiger partial charge in [0.2, 0.25) is 0 Å². The number of halogens is 2. The Morgan fingerprint density at radius 3 is 2.80 bits per heavy atom. The minimum absolute atomic E-state index is 0.131. The van der Waals surface area contributed by atoms with Gasteiger partial charge in [0.25, 0.3) is 10.0 Å². The highest BCUT2D eigenvalue weighted by Crippen LogP contribution is 2.26. The lowest BCUT2D eigenvalue weighted by atomic mass is 10.3. The molecule has 2 aromatic rings. The van der Waals surface area contributed by atoms with Gasteiger partial charge in [0.05, 0.1) is 11.2 Å². The SMILES string of the molecule is O=C(O)c1ncsc1S(=O)(=O)Nc1cc(Cl)ccc1F. The lowest BCUT2D eigenvalue weighted by molar-refractivity contribution is 0.0687. The van der Waals surface area contributed by atoms with E-state index in [2.05, 4.69) is 4.98 Å². The van der Waals surface area contributed by atoms with Gasteiger partial charge in [0.15, 0.2) is 9.90 Å². The fraction of sp³-hybridized carbons (Fsp3) is 0. The van der Waals surface area contributed by atoms with Gasteiger partial charge in [0.1, 0.15) is 5.82 Å². The molecule has 6 nitrogen and oxygen atoms in total. The number of aromatic nitrogens is 1. The van der Waals surface area contributed by atoms with Crippen molar-refractivity contribution in [3.8, 4) is 0 Å². The molecule has 1 aromatic heterocycles. The minimum Gasteiger partial charge on any atom is -0.476 e. The monoisotopic (exact) mass is 336 g/mol. The number of aromatic carboxylic acids is 1. The van der Waals surface area contributed by atoms with Gasteiger partial charge in [-0.25, -0.2) is 22.6 Å². The van der Waals surface area contributed by atoms with Gasteiger partial charge >= 0.3 is 5.97 Å². The summed E-state index contributed by atoms with van der Waals surface area (Å²) in [6.07, 6.45) is 0. The van der Waals surface area contributed by atoms with Gasteiger partial charge in [-0.05, 0) is 18.2 Å². The van der Waals surface area contributed by atoms with Crippen molar-refractivity contribution in [2.75, 3.05) is 4.72 Å². The van der Waals surface area contributed by atoms with E-state index in [1.165, 1.54) is 6.07 Å². The lowest BCUT2D eigenvalue weighted by Crippen LogP contribution is -2.16. The average Bonchev–Trinajstić information content (AvgIpc) is 2.83. The van der Waals surface area contributed by atoms with Crippen LogP contribution in [0.15, 0.2) is 27.9 Å². The summed E-state index contributed by atoms with van der Waals surface area (Å²) in [5, 5.41) is 8.97. The largest absolute Gasteiger partial charge is 0.476 e. The highest BCUT2D eigenvalue weighted by molar-refractivity contribution is 7.94. The summed E-state index contributed by atoms with van der Waals surface area (Å²) < 4.78 is 39.0. The van der Waals surface area contributed by atoms with Crippen molar-refractivity contribution in [3.05, 3.63) is 40.2 Å². The highest BCUT2D eigenvalue weighted by Gasteiger charge is 2.26. The number of rotatable bonds is 4. The van der Waals surface area contributed by atoms with Crippen LogP contribution in [0.5, 0.6) is 0 Å². The predicted octanol–water partition coefficient (Wildman–Crippen LogP) is 2.43. The number of thiazole rings is 1. The Kier molecular flexibility index (Phi) is 3.93. The van der Waals surface area contributed by atoms with E-state index in [0.717, 1.165) is 17.6 Å². The topological polar surface area (TPSA) is 96.4 Å². The molecule has 1 aromatic carbocycles. The molecular weight excluding hydrogens is 331 g/mol. The summed E-state index contributed by atoms with van der Waals surface area (Å²) >= 11 is 6.26. The summed E-state index contributed by atoms with van der Waals surface area (Å²) in [4.78, 5) is 14.3. The summed E-state index contributed by atoms with van der Waals surface area (Å²) in [5.41, 5.74) is 0.0824. The quantitative estimate of drug-likeness (QED) is 0.893. The number of hydrogen-bond donors (Lipinski definition) is 2. The maximum absolute atomic E-state index is 13.5. The molecule has 0 saturated carbocycles. The summed E-state index contributed by atoms with van der Waals surface area (Å²) in [7, 11) is -4.26. The number of anilines is 1. The van der Waals surface area contributed by atoms with Crippen molar-refractivity contribution in [1.82, 2.24) is 4.98 Å². The van der Waals surface area contributed by atoms with Crippen LogP contribution in [0.3, 0.4) is 0 Å². The molecular formula is C10H6ClFN2O4S2. The van der Waals surface area contributed by atoms with Gasteiger partial charge in [-0.2, -0.15) is 0 Å². The smallest absolute Gasteiger partial charge is 0.356 e. The number of carboxylic acids is 1. The number of carboxylic acid groups (broad SMARTS) is 1. The fourth-order valence-corrected chi connectivity index (χ4v) is 3.71. The first kappa shape index (κ1) is 14.7. The van der Waals surface area contributed by atoms with Crippen LogP contribution in [0, 0.1) is 5.82 Å². The van der Waals surface area contributed by atoms with Crippen molar-refractivity contribution >= 4 is 44.6 Å². The van der Waals surface area contributed by atoms with Crippen LogP contribution in [0.1, 0.15) is 10.5 Å². The number of benzene rings is 1. The van der Waals surface area contributed by atoms with E-state index in [1.807, 2.05) is 4.72 Å². The number of sulfonamides is 1. The van der Waals surface area contributed by atoms with Crippen molar-refractivity contribution in [3.63, 3.8) is 0 Å². The van der Waals surface area contributed by atoms with Crippen LogP contribution < -0.4 is 4.72 Å². The standard InChI is InChI=1S/C10H6ClFN2O4S2/c11-5-1-2-6(12)7(3-5)14-20(17,18)10-8(9(15)16)13-4-19-10/h1-4,14H,(H,15,16). The Bertz CT molecular complexity index is 775. The highest BCUT2D eigenvalue weighted by atomic mass is 35.5. The summed E-state index contributed by atoms with van der Waals surface area (Å²) in [6.45, 7) is 0. The molecule has 1 heterocycles. The van der Waals surface area contributed by atoms with E-state index in [0.29, 0.717) is 11.3 Å². The van der Waals surface area contributed by atoms with Crippen molar-refractivity contribution in [2.45, 2.75) is 4.21 Å². The third-order valence-corrected chi connectivity index (χ3v) is 5.12. The summed E-state index contributed by atoms with van der Waals surface area (Å²) in [5.74, 6) is -2.32. The van der Waals surface area contributed by atoms with Crippen molar-refractivity contribution < 1.29 is 22.7 Å². The third-order valence-electron chi connectivity index (χ3n) is 2.15. The van der Waals surface area contributed by atoms with Crippen LogP contribution in [-0.2, 0) is 10.0 Å². The maximum atomic E-state index is 13.5. The molecule has 0 spiro atoms. The molecule has 106 valence electrons. The Labute approximate surface area is 121 Å². The molecule has 0 bridgehead atoms. The molecule has 0 amide bonds. The van der Waals surface area contributed by atoms with Crippen LogP contribution in [-0.4, -0.2) is 24.5 Å². The van der Waals surface area contributed by atoms with E-state index < -0.39 is 31.7 Å². The van der Waals surface area contributed by atoms with E-state index in [-0.39, 0.29) is 10.7 Å². The van der Waals surface area contributed by atoms with E-state index in [4.69, 9.17) is 16.7 Å². The molecule has 2 N–H and O–H groups in total. The number of hydrogen-bond acceptors (Lipinski definition) is 5. The Balaban J connectivity index is 2.44. The number of nitrogens with one attached hydrogen (secondary N) is 1. The molecule has 0 aliphatic rings. The van der Waals surface area contributed by atoms with Crippen LogP contribution in [0.25, 0.3) is 0 Å². The second kappa shape index (κ2) is 5.35. The van der Waals surface area contributed by atoms with Crippen LogP contribution in [0.2, 0.25) is 5.02 Å². The first-order valence-corrected chi connectivity index (χ1v) is 7.70. The molecule has 20 heavy (non-hydrogen) atoms. The Morgan fingerprint density at radius 1 is 1.45 bits per heavy atom. The third kappa shape index (κ3) is 2.89. The molecule has 0 aliphatic heterocycles. The minimum atomic E-state index is -4.26. The molecule has 0 saturated heterocycles. The van der Waals surface area contributed by atoms with E-state index >= 15 is 0 Å². The second-order valence-corrected chi connectivity index (χ2v) is 6.69. The van der Waals surface area contributed by atoms with Crippen molar-refractivity contribution in [2.24, 2.45) is 0 Å². The van der Waals surface area contributed by atoms with Gasteiger partial charge in [-0.1, -0.05) is 11.6 Å². The summed E-state index contributed by atoms with van der Waals surface area (Å²) in [6, 6.07) is 3.32. The molecule has 0 aliphatic carbocycles. The van der Waals surface area contributed by atoms with Gasteiger partial charge in [-0.3, -0.25) is 4.72 Å². The normalized spacial score (nSPS) is 11.3. The maximum Gasteiger partial charge on any atom is 0.356 e. The molecule has 0 atom stereocenters. The molecule has 10 heteroatoms. The zero-order chi connectivity index (χ0) is 14.9. The fourth-order valence-electron chi connectivity index (χ4n) is 1.34. The van der Waals surface area contributed by atoms with Crippen LogP contribution >= 0.6 is 22.9 Å². The zero-order valence-electron chi connectivity index (χ0n) is 9.50. The van der Waals surface area contributed by atoms with Crippen molar-refractivity contribution in [1.29, 1.82) is 0 Å². The first-order chi connectivity index (χ1) is 9.31. The average molecular weight is 337 g/mol. The lowest BCUT2D eigenvalue weighted by Gasteiger charge is -2.08. The number of nitrogens with zero attached hydrogens (tertiary/aromatic N) is 1. The number of carbonyl (C=O) groups is 1. The van der Waals surface area contributed by atoms with Gasteiger partial charge in [0, 0.05) is 5.02 Å². The first-order valence-electron chi connectivity index (χ1n) is 4.96.